The van der Waals surface area contributed by atoms with Crippen LogP contribution in [0.15, 0.2) is 51.3 Å². The molecule has 24 heavy (non-hydrogen) atoms. The van der Waals surface area contributed by atoms with Gasteiger partial charge < -0.3 is 17.2 Å². The van der Waals surface area contributed by atoms with Crippen LogP contribution in [0.1, 0.15) is 0 Å². The van der Waals surface area contributed by atoms with E-state index in [0.717, 1.165) is 0 Å². The number of guanidine groups is 2. The molecule has 0 saturated heterocycles. The number of benzene rings is 1. The van der Waals surface area contributed by atoms with E-state index in [9.17, 15) is 8.42 Å². The van der Waals surface area contributed by atoms with E-state index in [4.69, 9.17) is 28.8 Å². The van der Waals surface area contributed by atoms with Crippen LogP contribution in [0.5, 0.6) is 0 Å². The second-order valence-corrected chi connectivity index (χ2v) is 6.42. The van der Waals surface area contributed by atoms with Crippen LogP contribution < -0.4 is 21.9 Å². The van der Waals surface area contributed by atoms with Gasteiger partial charge in [-0.1, -0.05) is 11.6 Å². The molecule has 0 bridgehead atoms. The Morgan fingerprint density at radius 2 is 1.71 bits per heavy atom. The van der Waals surface area contributed by atoms with Crippen molar-refractivity contribution in [3.63, 3.8) is 0 Å². The minimum Gasteiger partial charge on any atom is -0.370 e. The maximum absolute atomic E-state index is 12.2. The van der Waals surface area contributed by atoms with Crippen LogP contribution in [0, 0.1) is 0 Å². The number of hydrogen-bond donors (Lipinski definition) is 4. The van der Waals surface area contributed by atoms with Gasteiger partial charge in [-0.25, -0.2) is 13.4 Å². The van der Waals surface area contributed by atoms with E-state index < -0.39 is 10.0 Å². The summed E-state index contributed by atoms with van der Waals surface area (Å²) in [5.41, 5.74) is 16.2. The van der Waals surface area contributed by atoms with Crippen LogP contribution in [0.2, 0.25) is 5.15 Å². The van der Waals surface area contributed by atoms with Crippen LogP contribution in [-0.4, -0.2) is 30.5 Å². The summed E-state index contributed by atoms with van der Waals surface area (Å²) < 4.78 is 26.7. The Bertz CT molecular complexity index is 874. The molecule has 0 aliphatic carbocycles. The van der Waals surface area contributed by atoms with Crippen molar-refractivity contribution in [1.82, 2.24) is 10.2 Å². The predicted octanol–water partition coefficient (Wildman–Crippen LogP) is 0.150. The standard InChI is InChI=1S/C12H13ClN8O2S/c13-9-5-6-10(20-19-9)21-24(22,23)8-3-1-7(2-4-8)17-12(16)18-11(14)15/h1-6H,(H,20,21)(H6,14,15,16,17,18). The van der Waals surface area contributed by atoms with E-state index in [0.29, 0.717) is 5.69 Å². The first-order valence-corrected chi connectivity index (χ1v) is 8.18. The fourth-order valence-electron chi connectivity index (χ4n) is 1.56. The molecule has 7 N–H and O–H groups in total. The molecular weight excluding hydrogens is 356 g/mol. The molecule has 0 spiro atoms. The highest BCUT2D eigenvalue weighted by molar-refractivity contribution is 7.92. The Hall–Kier alpha value is -2.92. The van der Waals surface area contributed by atoms with Crippen LogP contribution in [0.4, 0.5) is 11.5 Å². The summed E-state index contributed by atoms with van der Waals surface area (Å²) in [5.74, 6) is -0.345. The fraction of sp³-hybridized carbons (Fsp3) is 0. The lowest BCUT2D eigenvalue weighted by Crippen LogP contribution is -2.26. The number of sulfonamides is 1. The second kappa shape index (κ2) is 7.10. The summed E-state index contributed by atoms with van der Waals surface area (Å²) in [6.45, 7) is 0. The SMILES string of the molecule is NC(N)=NC(N)=Nc1ccc(S(=O)(=O)Nc2ccc(Cl)nn2)cc1. The van der Waals surface area contributed by atoms with Gasteiger partial charge in [-0.3, -0.25) is 4.72 Å². The molecule has 0 saturated carbocycles. The number of nitrogens with zero attached hydrogens (tertiary/aromatic N) is 4. The van der Waals surface area contributed by atoms with Gasteiger partial charge in [0.15, 0.2) is 16.9 Å². The first-order chi connectivity index (χ1) is 11.3. The average molecular weight is 369 g/mol. The number of nitrogens with two attached hydrogens (primary N) is 3. The Labute approximate surface area is 142 Å². The number of hydrogen-bond acceptors (Lipinski definition) is 5. The molecule has 126 valence electrons. The third-order valence-electron chi connectivity index (χ3n) is 2.51. The minimum absolute atomic E-state index is 0.00129. The number of aromatic nitrogens is 2. The van der Waals surface area contributed by atoms with Crippen molar-refractivity contribution in [1.29, 1.82) is 0 Å². The van der Waals surface area contributed by atoms with Crippen LogP contribution >= 0.6 is 11.6 Å². The zero-order valence-corrected chi connectivity index (χ0v) is 13.7. The highest BCUT2D eigenvalue weighted by Crippen LogP contribution is 2.19. The highest BCUT2D eigenvalue weighted by Gasteiger charge is 2.15. The molecule has 0 aliphatic rings. The van der Waals surface area contributed by atoms with E-state index in [2.05, 4.69) is 24.9 Å². The molecule has 0 radical (unpaired) electrons. The molecule has 2 aromatic rings. The number of aliphatic imine (C=N–C) groups is 2. The third-order valence-corrected chi connectivity index (χ3v) is 4.08. The second-order valence-electron chi connectivity index (χ2n) is 4.35. The monoisotopic (exact) mass is 368 g/mol. The quantitative estimate of drug-likeness (QED) is 0.438. The molecule has 0 amide bonds. The van der Waals surface area contributed by atoms with Crippen molar-refractivity contribution >= 4 is 45.0 Å². The lowest BCUT2D eigenvalue weighted by atomic mass is 10.3. The molecule has 12 heteroatoms. The van der Waals surface area contributed by atoms with Gasteiger partial charge in [0, 0.05) is 0 Å². The van der Waals surface area contributed by atoms with Crippen molar-refractivity contribution in [2.24, 2.45) is 27.2 Å². The van der Waals surface area contributed by atoms with Gasteiger partial charge in [-0.05, 0) is 36.4 Å². The zero-order chi connectivity index (χ0) is 17.7. The van der Waals surface area contributed by atoms with Crippen LogP contribution in [0.3, 0.4) is 0 Å². The highest BCUT2D eigenvalue weighted by atomic mass is 35.5. The Morgan fingerprint density at radius 3 is 2.25 bits per heavy atom. The topological polar surface area (TPSA) is 175 Å². The van der Waals surface area contributed by atoms with E-state index in [1.165, 1.54) is 36.4 Å². The van der Waals surface area contributed by atoms with Gasteiger partial charge in [0.25, 0.3) is 10.0 Å². The molecule has 0 unspecified atom stereocenters. The van der Waals surface area contributed by atoms with Crippen molar-refractivity contribution < 1.29 is 8.42 Å². The fourth-order valence-corrected chi connectivity index (χ4v) is 2.65. The molecule has 0 aliphatic heterocycles. The average Bonchev–Trinajstić information content (AvgIpc) is 2.49. The molecule has 0 atom stereocenters. The zero-order valence-electron chi connectivity index (χ0n) is 12.1. The first-order valence-electron chi connectivity index (χ1n) is 6.32. The smallest absolute Gasteiger partial charge is 0.263 e. The molecule has 10 nitrogen and oxygen atoms in total. The van der Waals surface area contributed by atoms with Gasteiger partial charge in [0.1, 0.15) is 0 Å². The first kappa shape index (κ1) is 17.4. The van der Waals surface area contributed by atoms with Gasteiger partial charge in [-0.2, -0.15) is 4.99 Å². The molecule has 1 heterocycles. The number of halogens is 1. The number of anilines is 1. The van der Waals surface area contributed by atoms with Crippen molar-refractivity contribution in [3.05, 3.63) is 41.6 Å². The Morgan fingerprint density at radius 1 is 1.04 bits per heavy atom. The normalized spacial score (nSPS) is 11.8. The van der Waals surface area contributed by atoms with Gasteiger partial charge in [0.05, 0.1) is 10.6 Å². The maximum atomic E-state index is 12.2. The van der Waals surface area contributed by atoms with E-state index in [1.54, 1.807) is 0 Å². The van der Waals surface area contributed by atoms with E-state index in [-0.39, 0.29) is 27.8 Å². The third kappa shape index (κ3) is 4.79. The summed E-state index contributed by atoms with van der Waals surface area (Å²) in [6.07, 6.45) is 0. The van der Waals surface area contributed by atoms with Gasteiger partial charge in [0.2, 0.25) is 5.96 Å². The van der Waals surface area contributed by atoms with Crippen molar-refractivity contribution in [3.8, 4) is 0 Å². The summed E-state index contributed by atoms with van der Waals surface area (Å²) >= 11 is 5.59. The van der Waals surface area contributed by atoms with Gasteiger partial charge in [-0.15, -0.1) is 10.2 Å². The molecule has 1 aromatic heterocycles. The molecular formula is C12H13ClN8O2S. The summed E-state index contributed by atoms with van der Waals surface area (Å²) in [6, 6.07) is 8.37. The lowest BCUT2D eigenvalue weighted by molar-refractivity contribution is 0.601. The molecule has 0 fully saturated rings. The summed E-state index contributed by atoms with van der Waals surface area (Å²) in [5, 5.41) is 7.33. The van der Waals surface area contributed by atoms with Gasteiger partial charge >= 0.3 is 0 Å². The van der Waals surface area contributed by atoms with Crippen molar-refractivity contribution in [2.45, 2.75) is 4.90 Å². The number of nitrogens with one attached hydrogen (secondary N) is 1. The summed E-state index contributed by atoms with van der Waals surface area (Å²) in [4.78, 5) is 7.46. The Kier molecular flexibility index (Phi) is 5.16. The van der Waals surface area contributed by atoms with Crippen LogP contribution in [-0.2, 0) is 10.0 Å². The Balaban J connectivity index is 2.20. The largest absolute Gasteiger partial charge is 0.370 e. The maximum Gasteiger partial charge on any atom is 0.263 e. The van der Waals surface area contributed by atoms with E-state index >= 15 is 0 Å². The van der Waals surface area contributed by atoms with E-state index in [1.807, 2.05) is 0 Å². The summed E-state index contributed by atoms with van der Waals surface area (Å²) in [7, 11) is -3.83. The number of rotatable bonds is 4. The minimum atomic E-state index is -3.83. The van der Waals surface area contributed by atoms with Crippen molar-refractivity contribution in [2.75, 3.05) is 4.72 Å². The molecule has 1 aromatic carbocycles. The van der Waals surface area contributed by atoms with Crippen LogP contribution in [0.25, 0.3) is 0 Å². The molecule has 2 rings (SSSR count). The lowest BCUT2D eigenvalue weighted by Gasteiger charge is -2.06. The predicted molar refractivity (Wildman–Crippen MR) is 91.4 cm³/mol.